The van der Waals surface area contributed by atoms with E-state index in [4.69, 9.17) is 4.99 Å². The minimum Gasteiger partial charge on any atom is -0.357 e. The van der Waals surface area contributed by atoms with E-state index < -0.39 is 0 Å². The molecule has 2 N–H and O–H groups in total. The van der Waals surface area contributed by atoms with Crippen LogP contribution in [0.25, 0.3) is 0 Å². The van der Waals surface area contributed by atoms with Crippen molar-refractivity contribution >= 4 is 17.3 Å². The molecule has 118 valence electrons. The molecule has 1 aromatic heterocycles. The smallest absolute Gasteiger partial charge is 0.191 e. The van der Waals surface area contributed by atoms with Gasteiger partial charge in [-0.1, -0.05) is 19.8 Å². The van der Waals surface area contributed by atoms with Crippen LogP contribution in [0.5, 0.6) is 0 Å². The van der Waals surface area contributed by atoms with Crippen LogP contribution in [-0.4, -0.2) is 30.6 Å². The quantitative estimate of drug-likeness (QED) is 0.627. The maximum Gasteiger partial charge on any atom is 0.191 e. The van der Waals surface area contributed by atoms with Crippen LogP contribution in [0.2, 0.25) is 0 Å². The Morgan fingerprint density at radius 2 is 2.14 bits per heavy atom. The fourth-order valence-electron chi connectivity index (χ4n) is 2.80. The number of hydrogen-bond donors (Lipinski definition) is 2. The normalized spacial score (nSPS) is 18.0. The zero-order chi connectivity index (χ0) is 15.1. The number of hydrogen-bond acceptors (Lipinski definition) is 3. The number of aryl methyl sites for hydroxylation is 1. The van der Waals surface area contributed by atoms with E-state index in [1.54, 1.807) is 11.3 Å². The number of nitrogens with one attached hydrogen (secondary N) is 2. The topological polar surface area (TPSA) is 49.3 Å². The summed E-state index contributed by atoms with van der Waals surface area (Å²) < 4.78 is 0. The minimum absolute atomic E-state index is 0.411. The van der Waals surface area contributed by atoms with Crippen molar-refractivity contribution in [3.63, 3.8) is 0 Å². The summed E-state index contributed by atoms with van der Waals surface area (Å²) in [5.41, 5.74) is 0.411. The first-order valence-electron chi connectivity index (χ1n) is 8.05. The molecule has 1 heterocycles. The molecule has 0 spiro atoms. The number of aromatic nitrogens is 1. The molecule has 1 aliphatic rings. The van der Waals surface area contributed by atoms with Gasteiger partial charge in [-0.2, -0.15) is 0 Å². The molecule has 1 aromatic rings. The van der Waals surface area contributed by atoms with Gasteiger partial charge in [-0.15, -0.1) is 11.3 Å². The van der Waals surface area contributed by atoms with E-state index >= 15 is 0 Å². The van der Waals surface area contributed by atoms with E-state index in [2.05, 4.69) is 36.4 Å². The highest BCUT2D eigenvalue weighted by Gasteiger charge is 2.28. The van der Waals surface area contributed by atoms with Crippen molar-refractivity contribution in [1.82, 2.24) is 15.6 Å². The van der Waals surface area contributed by atoms with Crippen LogP contribution in [0.3, 0.4) is 0 Å². The molecule has 0 unspecified atom stereocenters. The molecule has 0 atom stereocenters. The van der Waals surface area contributed by atoms with Crippen molar-refractivity contribution in [1.29, 1.82) is 0 Å². The summed E-state index contributed by atoms with van der Waals surface area (Å²) in [5.74, 6) is 0.943. The van der Waals surface area contributed by atoms with E-state index in [1.807, 2.05) is 6.20 Å². The molecule has 2 rings (SSSR count). The lowest BCUT2D eigenvalue weighted by Gasteiger charge is -2.21. The fraction of sp³-hybridized carbons (Fsp3) is 0.750. The average Bonchev–Trinajstić information content (AvgIpc) is 3.06. The number of nitrogens with zero attached hydrogens (tertiary/aromatic N) is 2. The number of aliphatic imine (C=N–C) groups is 1. The highest BCUT2D eigenvalue weighted by Crippen LogP contribution is 2.37. The number of rotatable bonds is 6. The Bertz CT molecular complexity index is 461. The Labute approximate surface area is 132 Å². The van der Waals surface area contributed by atoms with E-state index in [0.29, 0.717) is 5.41 Å². The number of thiazole rings is 1. The predicted octanol–water partition coefficient (Wildman–Crippen LogP) is 3.13. The molecular formula is C16H28N4S. The van der Waals surface area contributed by atoms with Gasteiger partial charge in [0.05, 0.1) is 5.01 Å². The summed E-state index contributed by atoms with van der Waals surface area (Å²) in [6.45, 7) is 9.29. The maximum atomic E-state index is 4.78. The Morgan fingerprint density at radius 3 is 2.76 bits per heavy atom. The largest absolute Gasteiger partial charge is 0.357 e. The van der Waals surface area contributed by atoms with E-state index in [9.17, 15) is 0 Å². The monoisotopic (exact) mass is 308 g/mol. The van der Waals surface area contributed by atoms with Gasteiger partial charge in [-0.05, 0) is 32.1 Å². The lowest BCUT2D eigenvalue weighted by molar-refractivity contribution is 0.350. The molecule has 0 bridgehead atoms. The molecule has 5 heteroatoms. The Morgan fingerprint density at radius 1 is 1.38 bits per heavy atom. The van der Waals surface area contributed by atoms with Gasteiger partial charge in [0.25, 0.3) is 0 Å². The lowest BCUT2D eigenvalue weighted by atomic mass is 9.89. The summed E-state index contributed by atoms with van der Waals surface area (Å²) in [5, 5.41) is 7.96. The molecule has 0 radical (unpaired) electrons. The molecule has 1 fully saturated rings. The van der Waals surface area contributed by atoms with Gasteiger partial charge in [-0.25, -0.2) is 4.98 Å². The Balaban J connectivity index is 1.80. The van der Waals surface area contributed by atoms with Crippen molar-refractivity contribution in [3.8, 4) is 0 Å². The van der Waals surface area contributed by atoms with Crippen molar-refractivity contribution in [2.75, 3.05) is 19.6 Å². The van der Waals surface area contributed by atoms with Crippen LogP contribution in [0, 0.1) is 12.3 Å². The standard InChI is InChI=1S/C16H28N4S/c1-4-17-15(20-12-16(3)8-5-6-9-16)18-10-7-14-19-11-13(2)21-14/h11H,4-10,12H2,1-3H3,(H2,17,18,20). The zero-order valence-corrected chi connectivity index (χ0v) is 14.4. The van der Waals surface area contributed by atoms with E-state index in [1.165, 1.54) is 35.6 Å². The molecule has 1 aliphatic carbocycles. The molecule has 0 aromatic carbocycles. The third kappa shape index (κ3) is 5.30. The van der Waals surface area contributed by atoms with Crippen LogP contribution in [0.4, 0.5) is 0 Å². The second-order valence-corrected chi connectivity index (χ2v) is 7.57. The molecule has 0 aliphatic heterocycles. The van der Waals surface area contributed by atoms with E-state index in [0.717, 1.165) is 32.0 Å². The zero-order valence-electron chi connectivity index (χ0n) is 13.5. The molecule has 1 saturated carbocycles. The third-order valence-corrected chi connectivity index (χ3v) is 5.05. The highest BCUT2D eigenvalue weighted by molar-refractivity contribution is 7.11. The third-order valence-electron chi connectivity index (χ3n) is 4.07. The molecule has 4 nitrogen and oxygen atoms in total. The summed E-state index contributed by atoms with van der Waals surface area (Å²) in [6, 6.07) is 0. The first-order chi connectivity index (χ1) is 10.1. The summed E-state index contributed by atoms with van der Waals surface area (Å²) >= 11 is 1.77. The molecular weight excluding hydrogens is 280 g/mol. The predicted molar refractivity (Wildman–Crippen MR) is 91.1 cm³/mol. The van der Waals surface area contributed by atoms with Crippen LogP contribution in [0.1, 0.15) is 49.4 Å². The lowest BCUT2D eigenvalue weighted by Crippen LogP contribution is -2.39. The Hall–Kier alpha value is -1.10. The SMILES string of the molecule is CCNC(=NCC1(C)CCCC1)NCCc1ncc(C)s1. The molecule has 0 saturated heterocycles. The van der Waals surface area contributed by atoms with Crippen LogP contribution >= 0.6 is 11.3 Å². The highest BCUT2D eigenvalue weighted by atomic mass is 32.1. The van der Waals surface area contributed by atoms with Gasteiger partial charge < -0.3 is 10.6 Å². The van der Waals surface area contributed by atoms with Crippen LogP contribution in [0.15, 0.2) is 11.2 Å². The van der Waals surface area contributed by atoms with Gasteiger partial charge in [0.15, 0.2) is 5.96 Å². The second-order valence-electron chi connectivity index (χ2n) is 6.25. The van der Waals surface area contributed by atoms with Gasteiger partial charge in [-0.3, -0.25) is 4.99 Å². The van der Waals surface area contributed by atoms with Gasteiger partial charge in [0.2, 0.25) is 0 Å². The van der Waals surface area contributed by atoms with Crippen molar-refractivity contribution < 1.29 is 0 Å². The fourth-order valence-corrected chi connectivity index (χ4v) is 3.59. The van der Waals surface area contributed by atoms with E-state index in [-0.39, 0.29) is 0 Å². The van der Waals surface area contributed by atoms with Gasteiger partial charge in [0, 0.05) is 37.1 Å². The van der Waals surface area contributed by atoms with Crippen molar-refractivity contribution in [2.45, 2.75) is 52.9 Å². The molecule has 0 amide bonds. The Kier molecular flexibility index (Phi) is 6.03. The van der Waals surface area contributed by atoms with Crippen molar-refractivity contribution in [3.05, 3.63) is 16.1 Å². The van der Waals surface area contributed by atoms with Gasteiger partial charge >= 0.3 is 0 Å². The van der Waals surface area contributed by atoms with Crippen LogP contribution in [-0.2, 0) is 6.42 Å². The second kappa shape index (κ2) is 7.78. The first-order valence-corrected chi connectivity index (χ1v) is 8.86. The molecule has 21 heavy (non-hydrogen) atoms. The first kappa shape index (κ1) is 16.3. The summed E-state index contributed by atoms with van der Waals surface area (Å²) in [4.78, 5) is 10.5. The van der Waals surface area contributed by atoms with Crippen molar-refractivity contribution in [2.24, 2.45) is 10.4 Å². The maximum absolute atomic E-state index is 4.78. The average molecular weight is 308 g/mol. The minimum atomic E-state index is 0.411. The van der Waals surface area contributed by atoms with Gasteiger partial charge in [0.1, 0.15) is 0 Å². The summed E-state index contributed by atoms with van der Waals surface area (Å²) in [7, 11) is 0. The number of guanidine groups is 1. The summed E-state index contributed by atoms with van der Waals surface area (Å²) in [6.07, 6.45) is 8.25. The van der Waals surface area contributed by atoms with Crippen LogP contribution < -0.4 is 10.6 Å².